The molecule has 0 aliphatic heterocycles. The van der Waals surface area contributed by atoms with Crippen molar-refractivity contribution in [1.29, 1.82) is 0 Å². The van der Waals surface area contributed by atoms with E-state index in [9.17, 15) is 0 Å². The maximum Gasteiger partial charge on any atom is -1.00 e. The minimum atomic E-state index is -0.425. The molecule has 0 spiro atoms. The third-order valence-electron chi connectivity index (χ3n) is 8.28. The van der Waals surface area contributed by atoms with Gasteiger partial charge in [-0.2, -0.15) is 0 Å². The van der Waals surface area contributed by atoms with Crippen molar-refractivity contribution >= 4 is 3.21 Å². The zero-order chi connectivity index (χ0) is 18.2. The van der Waals surface area contributed by atoms with Gasteiger partial charge in [-0.15, -0.1) is 0 Å². The van der Waals surface area contributed by atoms with Crippen molar-refractivity contribution in [2.24, 2.45) is 29.6 Å². The normalized spacial score (nSPS) is 37.5. The van der Waals surface area contributed by atoms with E-state index >= 15 is 0 Å². The molecule has 29 heavy (non-hydrogen) atoms. The molecule has 157 valence electrons. The van der Waals surface area contributed by atoms with Crippen molar-refractivity contribution < 1.29 is 47.6 Å². The first kappa shape index (κ1) is 23.9. The topological polar surface area (TPSA) is 0 Å². The molecule has 0 radical (unpaired) electrons. The molecule has 0 nitrogen and oxygen atoms in total. The van der Waals surface area contributed by atoms with Gasteiger partial charge in [0, 0.05) is 0 Å². The summed E-state index contributed by atoms with van der Waals surface area (Å²) < 4.78 is 3.17. The standard InChI is InChI=1S/C20H25.C6H10.2ClH.Zr/c1-2-14-8-5-10-16(14)18-11-6-12-19-17-9-4-3-7-15(17)13-20(18)19;1-2-4-6-5-3-1;;;/h3-5,7-9,13,15,17-20H,2,6,10-12H2,1H3;1-5H2;2*1H;/q;;;;+2/p-2. The number of allylic oxidation sites excluding steroid dienone is 8. The van der Waals surface area contributed by atoms with E-state index in [1.165, 1.54) is 64.2 Å². The van der Waals surface area contributed by atoms with E-state index in [1.807, 2.05) is 5.57 Å². The van der Waals surface area contributed by atoms with Crippen LogP contribution in [0.5, 0.6) is 0 Å². The van der Waals surface area contributed by atoms with Gasteiger partial charge in [-0.1, -0.05) is 0 Å². The van der Waals surface area contributed by atoms with Gasteiger partial charge in [-0.25, -0.2) is 0 Å². The quantitative estimate of drug-likeness (QED) is 0.534. The number of halogens is 2. The monoisotopic (exact) mass is 507 g/mol. The van der Waals surface area contributed by atoms with Gasteiger partial charge in [0.2, 0.25) is 0 Å². The van der Waals surface area contributed by atoms with Crippen LogP contribution in [0.3, 0.4) is 0 Å². The molecule has 0 N–H and O–H groups in total. The average Bonchev–Trinajstić information content (AvgIpc) is 3.32. The Morgan fingerprint density at radius 2 is 1.69 bits per heavy atom. The van der Waals surface area contributed by atoms with E-state index in [0.717, 1.165) is 33.2 Å². The van der Waals surface area contributed by atoms with Gasteiger partial charge in [0.1, 0.15) is 0 Å². The first-order valence-corrected chi connectivity index (χ1v) is 14.4. The molecule has 6 unspecified atom stereocenters. The Labute approximate surface area is 201 Å². The minimum Gasteiger partial charge on any atom is -1.00 e. The van der Waals surface area contributed by atoms with Crippen LogP contribution < -0.4 is 24.8 Å². The van der Waals surface area contributed by atoms with Gasteiger partial charge in [0.05, 0.1) is 0 Å². The van der Waals surface area contributed by atoms with E-state index in [4.69, 9.17) is 0 Å². The molecule has 5 aliphatic carbocycles. The minimum absolute atomic E-state index is 0. The maximum atomic E-state index is 2.65. The molecule has 6 atom stereocenters. The Balaban J connectivity index is 0.00000120. The Kier molecular flexibility index (Phi) is 8.87. The van der Waals surface area contributed by atoms with E-state index in [1.54, 1.807) is 5.57 Å². The Morgan fingerprint density at radius 3 is 2.45 bits per heavy atom. The molecule has 0 bridgehead atoms. The predicted octanol–water partition coefficient (Wildman–Crippen LogP) is 1.07. The summed E-state index contributed by atoms with van der Waals surface area (Å²) in [4.78, 5) is 0. The van der Waals surface area contributed by atoms with Gasteiger partial charge >= 0.3 is 178 Å². The largest absolute Gasteiger partial charge is 1.00 e. The zero-order valence-electron chi connectivity index (χ0n) is 17.8. The first-order chi connectivity index (χ1) is 13.4. The molecular weight excluding hydrogens is 474 g/mol. The molecule has 3 fully saturated rings. The predicted molar refractivity (Wildman–Crippen MR) is 112 cm³/mol. The van der Waals surface area contributed by atoms with Crippen LogP contribution in [0.15, 0.2) is 47.6 Å². The van der Waals surface area contributed by atoms with Crippen LogP contribution in [0.2, 0.25) is 3.63 Å². The summed E-state index contributed by atoms with van der Waals surface area (Å²) in [6.07, 6.45) is 29.4. The fraction of sp³-hybridized carbons (Fsp3) is 0.654. The molecule has 5 rings (SSSR count). The molecule has 0 amide bonds. The number of rotatable bonds is 3. The van der Waals surface area contributed by atoms with E-state index in [0.29, 0.717) is 0 Å². The van der Waals surface area contributed by atoms with Gasteiger partial charge < -0.3 is 24.8 Å². The van der Waals surface area contributed by atoms with Crippen LogP contribution >= 0.6 is 0 Å². The number of fused-ring (bicyclic) bond motifs is 3. The molecule has 0 saturated heterocycles. The zero-order valence-corrected chi connectivity index (χ0v) is 21.7. The smallest absolute Gasteiger partial charge is 1.00 e. The molecular formula is C26H35Cl2Zr. The molecule has 0 heterocycles. The van der Waals surface area contributed by atoms with Crippen molar-refractivity contribution in [3.05, 3.63) is 47.6 Å². The SMILES string of the molecule is CCC1=C(C2CCCC3C4C=CC=CC4[CH]([Zr+2]=[C]4CCCCC4)C23)CC=C1.[Cl-].[Cl-]. The fourth-order valence-electron chi connectivity index (χ4n) is 7.17. The third-order valence-corrected chi connectivity index (χ3v) is 13.2. The van der Waals surface area contributed by atoms with Crippen molar-refractivity contribution in [2.75, 3.05) is 0 Å². The van der Waals surface area contributed by atoms with Gasteiger partial charge in [-0.3, -0.25) is 0 Å². The maximum absolute atomic E-state index is 2.65. The van der Waals surface area contributed by atoms with Crippen LogP contribution in [0, 0.1) is 29.6 Å². The van der Waals surface area contributed by atoms with Crippen LogP contribution in [-0.2, 0) is 22.8 Å². The van der Waals surface area contributed by atoms with Crippen molar-refractivity contribution in [2.45, 2.75) is 74.8 Å². The second-order valence-corrected chi connectivity index (χ2v) is 13.6. The molecule has 0 aromatic carbocycles. The van der Waals surface area contributed by atoms with Gasteiger partial charge in [-0.05, 0) is 0 Å². The van der Waals surface area contributed by atoms with E-state index in [2.05, 4.69) is 46.6 Å². The fourth-order valence-corrected chi connectivity index (χ4v) is 12.8. The van der Waals surface area contributed by atoms with Crippen LogP contribution in [0.1, 0.15) is 71.1 Å². The summed E-state index contributed by atoms with van der Waals surface area (Å²) in [7, 11) is 0. The van der Waals surface area contributed by atoms with Crippen molar-refractivity contribution in [3.8, 4) is 0 Å². The van der Waals surface area contributed by atoms with E-state index in [-0.39, 0.29) is 24.8 Å². The van der Waals surface area contributed by atoms with Crippen LogP contribution in [-0.4, -0.2) is 3.21 Å². The first-order valence-electron chi connectivity index (χ1n) is 11.7. The van der Waals surface area contributed by atoms with Gasteiger partial charge in [0.25, 0.3) is 0 Å². The summed E-state index contributed by atoms with van der Waals surface area (Å²) >= 11 is -0.425. The van der Waals surface area contributed by atoms with Crippen molar-refractivity contribution in [3.63, 3.8) is 0 Å². The van der Waals surface area contributed by atoms with Crippen LogP contribution in [0.25, 0.3) is 0 Å². The summed E-state index contributed by atoms with van der Waals surface area (Å²) in [5.74, 6) is 4.68. The van der Waals surface area contributed by atoms with E-state index < -0.39 is 22.8 Å². The summed E-state index contributed by atoms with van der Waals surface area (Å²) in [5.41, 5.74) is 3.58. The van der Waals surface area contributed by atoms with Gasteiger partial charge in [0.15, 0.2) is 0 Å². The molecule has 3 saturated carbocycles. The summed E-state index contributed by atoms with van der Waals surface area (Å²) in [5, 5.41) is 0. The number of hydrogen-bond donors (Lipinski definition) is 0. The second-order valence-electron chi connectivity index (χ2n) is 9.55. The Hall–Kier alpha value is 0.293. The van der Waals surface area contributed by atoms with Crippen LogP contribution in [0.4, 0.5) is 0 Å². The van der Waals surface area contributed by atoms with Crippen molar-refractivity contribution in [1.82, 2.24) is 0 Å². The Morgan fingerprint density at radius 1 is 0.931 bits per heavy atom. The number of hydrogen-bond acceptors (Lipinski definition) is 0. The molecule has 3 heteroatoms. The summed E-state index contributed by atoms with van der Waals surface area (Å²) in [6.45, 7) is 2.37. The Bertz CT molecular complexity index is 721. The molecule has 0 aromatic rings. The molecule has 5 aliphatic rings. The molecule has 0 aromatic heterocycles. The second kappa shape index (κ2) is 10.7. The third kappa shape index (κ3) is 4.59. The average molecular weight is 510 g/mol. The summed E-state index contributed by atoms with van der Waals surface area (Å²) in [6, 6.07) is 0.